The monoisotopic (exact) mass is 655 g/mol. The molecule has 7 rings (SSSR count). The zero-order valence-electron chi connectivity index (χ0n) is 27.5. The fraction of sp³-hybridized carbons (Fsp3) is 0.378. The molecular formula is C37H39F2N5O4. The number of ether oxygens (including phenoxy) is 1. The first kappa shape index (κ1) is 31.7. The third kappa shape index (κ3) is 6.21. The molecule has 0 radical (unpaired) electrons. The average molecular weight is 656 g/mol. The number of fused-ring (bicyclic) bond motifs is 2. The molecule has 1 saturated heterocycles. The molecule has 2 aliphatic rings. The fourth-order valence-corrected chi connectivity index (χ4v) is 6.62. The van der Waals surface area contributed by atoms with Crippen molar-refractivity contribution in [2.45, 2.75) is 71.3 Å². The highest BCUT2D eigenvalue weighted by molar-refractivity contribution is 5.95. The maximum Gasteiger partial charge on any atom is 0.407 e. The van der Waals surface area contributed by atoms with Crippen molar-refractivity contribution in [2.75, 3.05) is 13.1 Å². The molecule has 2 N–H and O–H groups in total. The number of piperidine rings is 1. The van der Waals surface area contributed by atoms with Gasteiger partial charge in [0.2, 0.25) is 0 Å². The largest absolute Gasteiger partial charge is 0.505 e. The van der Waals surface area contributed by atoms with Gasteiger partial charge in [-0.05, 0) is 82.3 Å². The molecule has 0 spiro atoms. The molecule has 2 atom stereocenters. The van der Waals surface area contributed by atoms with Gasteiger partial charge in [0.05, 0.1) is 29.4 Å². The summed E-state index contributed by atoms with van der Waals surface area (Å²) in [6.45, 7) is 8.14. The van der Waals surface area contributed by atoms with Crippen LogP contribution in [0.3, 0.4) is 0 Å². The van der Waals surface area contributed by atoms with Crippen molar-refractivity contribution in [1.82, 2.24) is 24.4 Å². The first-order valence-electron chi connectivity index (χ1n) is 16.4. The Bertz CT molecular complexity index is 2060. The number of alkyl carbamates (subject to hydrolysis) is 1. The third-order valence-corrected chi connectivity index (χ3v) is 9.10. The van der Waals surface area contributed by atoms with Crippen LogP contribution in [-0.2, 0) is 11.3 Å². The van der Waals surface area contributed by atoms with Gasteiger partial charge in [-0.1, -0.05) is 24.3 Å². The third-order valence-electron chi connectivity index (χ3n) is 9.10. The van der Waals surface area contributed by atoms with Gasteiger partial charge >= 0.3 is 6.09 Å². The molecule has 2 aromatic carbocycles. The summed E-state index contributed by atoms with van der Waals surface area (Å²) in [4.78, 5) is 27.4. The summed E-state index contributed by atoms with van der Waals surface area (Å²) in [5, 5.41) is 18.6. The number of aromatic nitrogens is 3. The van der Waals surface area contributed by atoms with Crippen molar-refractivity contribution in [1.29, 1.82) is 0 Å². The number of nitrogens with zero attached hydrogens (tertiary/aromatic N) is 4. The van der Waals surface area contributed by atoms with Crippen LogP contribution in [-0.4, -0.2) is 67.1 Å². The van der Waals surface area contributed by atoms with E-state index < -0.39 is 29.7 Å². The molecule has 3 aromatic heterocycles. The van der Waals surface area contributed by atoms with Crippen LogP contribution < -0.4 is 5.32 Å². The highest BCUT2D eigenvalue weighted by atomic mass is 19.1. The molecule has 48 heavy (non-hydrogen) atoms. The number of hydrogen-bond acceptors (Lipinski definition) is 5. The molecule has 1 aliphatic carbocycles. The number of carbonyl (C=O) groups excluding carboxylic acids is 2. The van der Waals surface area contributed by atoms with Gasteiger partial charge < -0.3 is 24.6 Å². The zero-order chi connectivity index (χ0) is 33.9. The summed E-state index contributed by atoms with van der Waals surface area (Å²) < 4.78 is 38.9. The fourth-order valence-electron chi connectivity index (χ4n) is 6.62. The van der Waals surface area contributed by atoms with Crippen LogP contribution >= 0.6 is 0 Å². The quantitative estimate of drug-likeness (QED) is 0.201. The number of aromatic hydroxyl groups is 1. The lowest BCUT2D eigenvalue weighted by Crippen LogP contribution is -2.54. The summed E-state index contributed by atoms with van der Waals surface area (Å²) in [6.07, 6.45) is 2.12. The topological polar surface area (TPSA) is 101 Å². The summed E-state index contributed by atoms with van der Waals surface area (Å²) in [7, 11) is 0. The minimum absolute atomic E-state index is 0.0670. The molecule has 1 aliphatic heterocycles. The Balaban J connectivity index is 1.20. The van der Waals surface area contributed by atoms with E-state index in [2.05, 4.69) is 16.0 Å². The Hall–Kier alpha value is -4.93. The minimum atomic E-state index is -1.29. The number of phenols is 1. The molecule has 1 saturated carbocycles. The number of likely N-dealkylation sites (tertiary alicyclic amines) is 1. The second-order valence-corrected chi connectivity index (χ2v) is 14.1. The standard InChI is InChI=1S/C37H39F2N5O4/c1-21-29-13-12-25(35(46)42-19-26(38)16-27(20-42)40-36(47)48-37(2,3)4)18-44(29)41-34(21)31-15-24-11-10-23(28-6-5-7-32(45)33(28)39)14-30(24)43(31)17-22-8-9-22/h5-7,10-15,18,22,26-27,45H,8-9,16-17,19-20H2,1-4H3,(H,40,47)/t26-,27-/m1/s1. The van der Waals surface area contributed by atoms with Crippen LogP contribution in [0, 0.1) is 18.7 Å². The Kier molecular flexibility index (Phi) is 7.88. The molecule has 11 heteroatoms. The van der Waals surface area contributed by atoms with Gasteiger partial charge in [0, 0.05) is 47.7 Å². The normalized spacial score (nSPS) is 18.4. The number of pyridine rings is 1. The van der Waals surface area contributed by atoms with Gasteiger partial charge in [0.15, 0.2) is 11.6 Å². The lowest BCUT2D eigenvalue weighted by atomic mass is 10.0. The van der Waals surface area contributed by atoms with Gasteiger partial charge in [-0.2, -0.15) is 5.10 Å². The Labute approximate surface area is 277 Å². The molecule has 0 unspecified atom stereocenters. The predicted molar refractivity (Wildman–Crippen MR) is 179 cm³/mol. The van der Waals surface area contributed by atoms with Gasteiger partial charge in [-0.25, -0.2) is 18.1 Å². The van der Waals surface area contributed by atoms with E-state index in [0.29, 0.717) is 22.6 Å². The van der Waals surface area contributed by atoms with Crippen molar-refractivity contribution in [3.63, 3.8) is 0 Å². The van der Waals surface area contributed by atoms with Gasteiger partial charge in [0.25, 0.3) is 5.91 Å². The number of amides is 2. The van der Waals surface area contributed by atoms with E-state index in [1.165, 1.54) is 11.0 Å². The predicted octanol–water partition coefficient (Wildman–Crippen LogP) is 7.26. The van der Waals surface area contributed by atoms with Gasteiger partial charge in [-0.3, -0.25) is 4.79 Å². The van der Waals surface area contributed by atoms with Crippen molar-refractivity contribution in [3.8, 4) is 28.3 Å². The molecule has 9 nitrogen and oxygen atoms in total. The number of nitrogens with one attached hydrogen (secondary N) is 1. The van der Waals surface area contributed by atoms with Crippen molar-refractivity contribution >= 4 is 28.4 Å². The van der Waals surface area contributed by atoms with E-state index in [9.17, 15) is 23.5 Å². The summed E-state index contributed by atoms with van der Waals surface area (Å²) in [5.74, 6) is -0.846. The van der Waals surface area contributed by atoms with Crippen LogP contribution in [0.1, 0.15) is 56.0 Å². The molecular weight excluding hydrogens is 616 g/mol. The van der Waals surface area contributed by atoms with E-state index in [4.69, 9.17) is 9.84 Å². The lowest BCUT2D eigenvalue weighted by Gasteiger charge is -2.35. The molecule has 0 bridgehead atoms. The van der Waals surface area contributed by atoms with Crippen LogP contribution in [0.15, 0.2) is 60.8 Å². The van der Waals surface area contributed by atoms with Crippen LogP contribution in [0.5, 0.6) is 5.75 Å². The van der Waals surface area contributed by atoms with Crippen molar-refractivity contribution in [3.05, 3.63) is 77.7 Å². The van der Waals surface area contributed by atoms with Gasteiger partial charge in [0.1, 0.15) is 17.5 Å². The first-order valence-corrected chi connectivity index (χ1v) is 16.4. The summed E-state index contributed by atoms with van der Waals surface area (Å²) in [6, 6.07) is 15.5. The average Bonchev–Trinajstić information content (AvgIpc) is 3.70. The van der Waals surface area contributed by atoms with Crippen LogP contribution in [0.25, 0.3) is 38.9 Å². The number of halogens is 2. The maximum absolute atomic E-state index is 14.9. The maximum atomic E-state index is 14.9. The van der Waals surface area contributed by atoms with E-state index in [0.717, 1.165) is 52.8 Å². The summed E-state index contributed by atoms with van der Waals surface area (Å²) in [5.41, 5.74) is 5.08. The van der Waals surface area contributed by atoms with Crippen molar-refractivity contribution in [2.24, 2.45) is 5.92 Å². The highest BCUT2D eigenvalue weighted by Crippen LogP contribution is 2.39. The second-order valence-electron chi connectivity index (χ2n) is 14.1. The van der Waals surface area contributed by atoms with E-state index in [1.54, 1.807) is 49.7 Å². The molecule has 5 aromatic rings. The number of carbonyl (C=O) groups is 2. The molecule has 250 valence electrons. The second kappa shape index (κ2) is 11.9. The van der Waals surface area contributed by atoms with Crippen molar-refractivity contribution < 1.29 is 28.2 Å². The number of hydrogen-bond donors (Lipinski definition) is 2. The molecule has 2 fully saturated rings. The summed E-state index contributed by atoms with van der Waals surface area (Å²) >= 11 is 0. The number of phenolic OH excluding ortho intramolecular Hbond substituents is 1. The van der Waals surface area contributed by atoms with Crippen LogP contribution in [0.4, 0.5) is 13.6 Å². The highest BCUT2D eigenvalue weighted by Gasteiger charge is 2.33. The van der Waals surface area contributed by atoms with E-state index in [-0.39, 0.29) is 31.2 Å². The zero-order valence-corrected chi connectivity index (χ0v) is 27.5. The number of benzene rings is 2. The SMILES string of the molecule is Cc1c(-c2cc3ccc(-c4cccc(O)c4F)cc3n2CC2CC2)nn2cc(C(=O)N3C[C@H](F)C[C@@H](NC(=O)OC(C)(C)C)C3)ccc12. The Morgan fingerprint density at radius 1 is 1.06 bits per heavy atom. The Morgan fingerprint density at radius 2 is 1.85 bits per heavy atom. The number of alkyl halides is 1. The Morgan fingerprint density at radius 3 is 2.60 bits per heavy atom. The smallest absolute Gasteiger partial charge is 0.407 e. The van der Waals surface area contributed by atoms with Gasteiger partial charge in [-0.15, -0.1) is 0 Å². The molecule has 2 amide bonds. The molecule has 4 heterocycles. The van der Waals surface area contributed by atoms with E-state index >= 15 is 0 Å². The number of aryl methyl sites for hydroxylation is 1. The van der Waals surface area contributed by atoms with E-state index in [1.807, 2.05) is 31.2 Å². The van der Waals surface area contributed by atoms with Crippen LogP contribution in [0.2, 0.25) is 0 Å². The lowest BCUT2D eigenvalue weighted by molar-refractivity contribution is 0.0394. The minimum Gasteiger partial charge on any atom is -0.505 e. The first-order chi connectivity index (χ1) is 22.8. The number of rotatable bonds is 6.